The van der Waals surface area contributed by atoms with E-state index in [9.17, 15) is 10.0 Å². The van der Waals surface area contributed by atoms with Crippen molar-refractivity contribution in [2.45, 2.75) is 6.92 Å². The van der Waals surface area contributed by atoms with Gasteiger partial charge in [0.2, 0.25) is 0 Å². The molecule has 0 fully saturated rings. The van der Waals surface area contributed by atoms with E-state index in [0.717, 1.165) is 16.5 Å². The molecular formula is C16H12N4O2. The van der Waals surface area contributed by atoms with Crippen LogP contribution in [-0.2, 0) is 0 Å². The largest absolute Gasteiger partial charge is 0.494 e. The molecule has 22 heavy (non-hydrogen) atoms. The molecule has 0 unspecified atom stereocenters. The van der Waals surface area contributed by atoms with Crippen LogP contribution < -0.4 is 0 Å². The molecule has 3 aromatic heterocycles. The van der Waals surface area contributed by atoms with Crippen LogP contribution in [0.4, 0.5) is 5.69 Å². The molecule has 0 atom stereocenters. The molecule has 4 rings (SSSR count). The topological polar surface area (TPSA) is 94.1 Å². The molecule has 4 aromatic rings. The molecule has 0 spiro atoms. The molecule has 0 bridgehead atoms. The van der Waals surface area contributed by atoms with Crippen molar-refractivity contribution >= 4 is 27.6 Å². The zero-order valence-electron chi connectivity index (χ0n) is 11.7. The van der Waals surface area contributed by atoms with E-state index in [2.05, 4.69) is 20.1 Å². The molecule has 6 heteroatoms. The molecule has 0 aliphatic heterocycles. The van der Waals surface area contributed by atoms with Gasteiger partial charge in [-0.25, -0.2) is 4.98 Å². The van der Waals surface area contributed by atoms with E-state index >= 15 is 0 Å². The van der Waals surface area contributed by atoms with Gasteiger partial charge in [0.15, 0.2) is 5.88 Å². The van der Waals surface area contributed by atoms with Gasteiger partial charge in [-0.2, -0.15) is 0 Å². The predicted octanol–water partition coefficient (Wildman–Crippen LogP) is 4.12. The molecular weight excluding hydrogens is 280 g/mol. The number of aromatic hydroxyl groups is 1. The minimum Gasteiger partial charge on any atom is -0.494 e. The van der Waals surface area contributed by atoms with E-state index in [0.29, 0.717) is 22.3 Å². The molecule has 0 aliphatic rings. The summed E-state index contributed by atoms with van der Waals surface area (Å²) in [5, 5.41) is 14.9. The fourth-order valence-corrected chi connectivity index (χ4v) is 2.83. The highest BCUT2D eigenvalue weighted by Crippen LogP contribution is 2.43. The highest BCUT2D eigenvalue weighted by atomic mass is 16.3. The maximum absolute atomic E-state index is 11.3. The van der Waals surface area contributed by atoms with Crippen LogP contribution >= 0.6 is 0 Å². The van der Waals surface area contributed by atoms with Crippen molar-refractivity contribution in [1.82, 2.24) is 15.0 Å². The van der Waals surface area contributed by atoms with Gasteiger partial charge in [0.1, 0.15) is 11.3 Å². The lowest BCUT2D eigenvalue weighted by atomic mass is 10.1. The first-order chi connectivity index (χ1) is 10.7. The van der Waals surface area contributed by atoms with Crippen LogP contribution in [0.25, 0.3) is 33.2 Å². The summed E-state index contributed by atoms with van der Waals surface area (Å²) in [5.41, 5.74) is 3.69. The number of fused-ring (bicyclic) bond motifs is 2. The van der Waals surface area contributed by atoms with Crippen molar-refractivity contribution in [1.29, 1.82) is 0 Å². The third-order valence-electron chi connectivity index (χ3n) is 3.82. The van der Waals surface area contributed by atoms with Gasteiger partial charge in [0.05, 0.1) is 11.3 Å². The summed E-state index contributed by atoms with van der Waals surface area (Å²) in [6, 6.07) is 9.31. The van der Waals surface area contributed by atoms with E-state index in [1.807, 2.05) is 25.1 Å². The summed E-state index contributed by atoms with van der Waals surface area (Å²) in [7, 11) is 0. The number of hydrogen-bond donors (Lipinski definition) is 3. The van der Waals surface area contributed by atoms with Gasteiger partial charge in [-0.15, -0.1) is 4.91 Å². The minimum absolute atomic E-state index is 0.00273. The maximum Gasteiger partial charge on any atom is 0.199 e. The Hall–Kier alpha value is -3.15. The Balaban J connectivity index is 2.11. The molecule has 1 aromatic carbocycles. The van der Waals surface area contributed by atoms with Gasteiger partial charge in [0.25, 0.3) is 0 Å². The van der Waals surface area contributed by atoms with Gasteiger partial charge < -0.3 is 15.1 Å². The van der Waals surface area contributed by atoms with Crippen molar-refractivity contribution in [3.8, 4) is 17.1 Å². The first kappa shape index (κ1) is 12.6. The molecule has 0 saturated carbocycles. The van der Waals surface area contributed by atoms with Gasteiger partial charge >= 0.3 is 0 Å². The number of rotatable bonds is 2. The summed E-state index contributed by atoms with van der Waals surface area (Å²) < 4.78 is 0. The lowest BCUT2D eigenvalue weighted by molar-refractivity contribution is 0.460. The molecule has 0 radical (unpaired) electrons. The van der Waals surface area contributed by atoms with Gasteiger partial charge in [-0.1, -0.05) is 12.1 Å². The second-order valence-electron chi connectivity index (χ2n) is 5.24. The number of aromatic amines is 2. The Labute approximate surface area is 124 Å². The molecule has 6 nitrogen and oxygen atoms in total. The number of aryl methyl sites for hydroxylation is 1. The van der Waals surface area contributed by atoms with Crippen molar-refractivity contribution < 1.29 is 5.11 Å². The molecule has 0 saturated heterocycles. The Bertz CT molecular complexity index is 1030. The predicted molar refractivity (Wildman–Crippen MR) is 85.2 cm³/mol. The standard InChI is InChI=1S/C16H12N4O2/c1-8-4-5-9-11(7-8)18-16(21)12(9)14-13(20-22)10-3-2-6-17-15(10)19-14/h2-7,18,21H,1H3,(H,17,19). The summed E-state index contributed by atoms with van der Waals surface area (Å²) >= 11 is 0. The zero-order chi connectivity index (χ0) is 15.3. The normalized spacial score (nSPS) is 11.3. The Morgan fingerprint density at radius 3 is 2.86 bits per heavy atom. The Morgan fingerprint density at radius 1 is 1.18 bits per heavy atom. The highest BCUT2D eigenvalue weighted by molar-refractivity contribution is 6.06. The van der Waals surface area contributed by atoms with Gasteiger partial charge in [0, 0.05) is 22.5 Å². The van der Waals surface area contributed by atoms with Crippen LogP contribution in [0.5, 0.6) is 5.88 Å². The highest BCUT2D eigenvalue weighted by Gasteiger charge is 2.21. The monoisotopic (exact) mass is 292 g/mol. The fraction of sp³-hybridized carbons (Fsp3) is 0.0625. The number of hydrogen-bond acceptors (Lipinski definition) is 4. The number of benzene rings is 1. The Morgan fingerprint density at radius 2 is 2.05 bits per heavy atom. The van der Waals surface area contributed by atoms with Crippen LogP contribution in [0.1, 0.15) is 5.56 Å². The quantitative estimate of drug-likeness (QED) is 0.485. The SMILES string of the molecule is Cc1ccc2c(-c3[nH]c4ncccc4c3N=O)c(O)[nH]c2c1. The van der Waals surface area contributed by atoms with Crippen molar-refractivity contribution in [3.05, 3.63) is 47.0 Å². The van der Waals surface area contributed by atoms with Crippen LogP contribution in [0.2, 0.25) is 0 Å². The van der Waals surface area contributed by atoms with Crippen molar-refractivity contribution in [3.63, 3.8) is 0 Å². The van der Waals surface area contributed by atoms with Crippen LogP contribution in [-0.4, -0.2) is 20.1 Å². The second-order valence-corrected chi connectivity index (χ2v) is 5.24. The summed E-state index contributed by atoms with van der Waals surface area (Å²) in [6.45, 7) is 1.97. The molecule has 108 valence electrons. The average Bonchev–Trinajstić information content (AvgIpc) is 3.02. The van der Waals surface area contributed by atoms with Crippen molar-refractivity contribution in [2.75, 3.05) is 0 Å². The van der Waals surface area contributed by atoms with Crippen LogP contribution in [0.3, 0.4) is 0 Å². The number of nitroso groups, excluding NO2 is 1. The van der Waals surface area contributed by atoms with E-state index in [4.69, 9.17) is 0 Å². The number of H-pyrrole nitrogens is 2. The number of nitrogens with zero attached hydrogens (tertiary/aromatic N) is 2. The summed E-state index contributed by atoms with van der Waals surface area (Å²) in [5.74, 6) is -0.00273. The second kappa shape index (κ2) is 4.42. The van der Waals surface area contributed by atoms with E-state index in [1.165, 1.54) is 0 Å². The average molecular weight is 292 g/mol. The molecule has 3 heterocycles. The first-order valence-corrected chi connectivity index (χ1v) is 6.80. The number of nitrogens with one attached hydrogen (secondary N) is 2. The number of pyridine rings is 1. The van der Waals surface area contributed by atoms with Gasteiger partial charge in [-0.05, 0) is 35.9 Å². The number of aromatic nitrogens is 3. The summed E-state index contributed by atoms with van der Waals surface area (Å²) in [6.07, 6.45) is 1.63. The Kier molecular flexibility index (Phi) is 2.53. The molecule has 0 amide bonds. The minimum atomic E-state index is -0.00273. The van der Waals surface area contributed by atoms with E-state index in [-0.39, 0.29) is 11.6 Å². The third-order valence-corrected chi connectivity index (χ3v) is 3.82. The van der Waals surface area contributed by atoms with Gasteiger partial charge in [-0.3, -0.25) is 0 Å². The first-order valence-electron chi connectivity index (χ1n) is 6.80. The summed E-state index contributed by atoms with van der Waals surface area (Å²) in [4.78, 5) is 21.5. The zero-order valence-corrected chi connectivity index (χ0v) is 11.7. The van der Waals surface area contributed by atoms with E-state index < -0.39 is 0 Å². The van der Waals surface area contributed by atoms with Crippen LogP contribution in [0, 0.1) is 11.8 Å². The smallest absolute Gasteiger partial charge is 0.199 e. The third kappa shape index (κ3) is 1.64. The fourth-order valence-electron chi connectivity index (χ4n) is 2.83. The maximum atomic E-state index is 11.3. The molecule has 0 aliphatic carbocycles. The van der Waals surface area contributed by atoms with Crippen molar-refractivity contribution in [2.24, 2.45) is 5.18 Å². The lowest BCUT2D eigenvalue weighted by Gasteiger charge is -1.99. The lowest BCUT2D eigenvalue weighted by Crippen LogP contribution is -1.78. The molecule has 3 N–H and O–H groups in total. The van der Waals surface area contributed by atoms with E-state index in [1.54, 1.807) is 18.3 Å². The van der Waals surface area contributed by atoms with Crippen LogP contribution in [0.15, 0.2) is 41.7 Å².